The summed E-state index contributed by atoms with van der Waals surface area (Å²) in [5, 5.41) is 9.11. The monoisotopic (exact) mass is 197 g/mol. The summed E-state index contributed by atoms with van der Waals surface area (Å²) in [5.74, 6) is 0.106. The molecule has 1 aromatic rings. The lowest BCUT2D eigenvalue weighted by atomic mass is 10.2. The van der Waals surface area contributed by atoms with Crippen molar-refractivity contribution < 1.29 is 19.5 Å². The third kappa shape index (κ3) is 2.19. The highest BCUT2D eigenvalue weighted by molar-refractivity contribution is 5.76. The molecule has 6 heteroatoms. The molecule has 0 saturated heterocycles. The van der Waals surface area contributed by atoms with E-state index >= 15 is 0 Å². The summed E-state index contributed by atoms with van der Waals surface area (Å²) in [6.45, 7) is 0. The fraction of sp³-hybridized carbons (Fsp3) is 0.125. The second-order valence-electron chi connectivity index (χ2n) is 2.34. The van der Waals surface area contributed by atoms with Crippen LogP contribution in [-0.4, -0.2) is 18.5 Å². The highest BCUT2D eigenvalue weighted by atomic mass is 17.0. The zero-order chi connectivity index (χ0) is 10.6. The quantitative estimate of drug-likeness (QED) is 0.410. The maximum atomic E-state index is 10.4. The van der Waals surface area contributed by atoms with Crippen LogP contribution in [0, 0.1) is 10.1 Å². The Labute approximate surface area is 79.2 Å². The number of ether oxygens (including phenoxy) is 1. The summed E-state index contributed by atoms with van der Waals surface area (Å²) < 4.78 is 4.80. The molecular weight excluding hydrogens is 190 g/mol. The van der Waals surface area contributed by atoms with Gasteiger partial charge in [0.2, 0.25) is 0 Å². The number of benzene rings is 1. The van der Waals surface area contributed by atoms with Gasteiger partial charge in [-0.15, -0.1) is 10.1 Å². The smallest absolute Gasteiger partial charge is 0.299 e. The number of hydrogen-bond donors (Lipinski definition) is 0. The van der Waals surface area contributed by atoms with Gasteiger partial charge in [0.1, 0.15) is 12.0 Å². The van der Waals surface area contributed by atoms with Gasteiger partial charge in [-0.2, -0.15) is 0 Å². The SMILES string of the molecule is COc1ccc(C=O)cc1O[N+](=O)[O-]. The van der Waals surface area contributed by atoms with E-state index in [1.807, 2.05) is 0 Å². The van der Waals surface area contributed by atoms with E-state index in [4.69, 9.17) is 4.74 Å². The molecule has 0 heterocycles. The predicted octanol–water partition coefficient (Wildman–Crippen LogP) is 1.08. The highest BCUT2D eigenvalue weighted by Gasteiger charge is 2.08. The Morgan fingerprint density at radius 3 is 2.64 bits per heavy atom. The predicted molar refractivity (Wildman–Crippen MR) is 46.0 cm³/mol. The Bertz CT molecular complexity index is 363. The maximum absolute atomic E-state index is 10.4. The van der Waals surface area contributed by atoms with Gasteiger partial charge in [-0.1, -0.05) is 0 Å². The Kier molecular flexibility index (Phi) is 3.01. The first-order valence-electron chi connectivity index (χ1n) is 3.63. The van der Waals surface area contributed by atoms with Gasteiger partial charge in [0.05, 0.1) is 7.11 Å². The van der Waals surface area contributed by atoms with E-state index in [1.54, 1.807) is 0 Å². The van der Waals surface area contributed by atoms with E-state index in [0.29, 0.717) is 6.29 Å². The van der Waals surface area contributed by atoms with Crippen molar-refractivity contribution >= 4 is 6.29 Å². The van der Waals surface area contributed by atoms with Gasteiger partial charge in [-0.05, 0) is 18.2 Å². The Hall–Kier alpha value is -2.11. The van der Waals surface area contributed by atoms with E-state index in [2.05, 4.69) is 4.84 Å². The fourth-order valence-electron chi connectivity index (χ4n) is 0.918. The summed E-state index contributed by atoms with van der Waals surface area (Å²) in [6.07, 6.45) is 0.562. The van der Waals surface area contributed by atoms with Crippen LogP contribution in [0.1, 0.15) is 10.4 Å². The van der Waals surface area contributed by atoms with Crippen LogP contribution in [0.15, 0.2) is 18.2 Å². The van der Waals surface area contributed by atoms with Crippen LogP contribution < -0.4 is 9.57 Å². The van der Waals surface area contributed by atoms with Crippen molar-refractivity contribution in [3.8, 4) is 11.5 Å². The molecule has 14 heavy (non-hydrogen) atoms. The number of aldehydes is 1. The van der Waals surface area contributed by atoms with Gasteiger partial charge in [-0.3, -0.25) is 9.63 Å². The lowest BCUT2D eigenvalue weighted by Crippen LogP contribution is -2.05. The number of hydrogen-bond acceptors (Lipinski definition) is 5. The second kappa shape index (κ2) is 4.22. The van der Waals surface area contributed by atoms with E-state index < -0.39 is 5.09 Å². The fourth-order valence-corrected chi connectivity index (χ4v) is 0.918. The molecule has 0 aromatic heterocycles. The van der Waals surface area contributed by atoms with Crippen molar-refractivity contribution in [2.45, 2.75) is 0 Å². The van der Waals surface area contributed by atoms with Crippen molar-refractivity contribution in [1.29, 1.82) is 0 Å². The van der Waals surface area contributed by atoms with Gasteiger partial charge in [0.25, 0.3) is 5.09 Å². The van der Waals surface area contributed by atoms with E-state index in [9.17, 15) is 14.9 Å². The first kappa shape index (κ1) is 9.97. The molecule has 6 nitrogen and oxygen atoms in total. The van der Waals surface area contributed by atoms with Crippen LogP contribution in [-0.2, 0) is 0 Å². The van der Waals surface area contributed by atoms with Gasteiger partial charge >= 0.3 is 0 Å². The molecule has 0 aliphatic carbocycles. The number of nitrogens with zero attached hydrogens (tertiary/aromatic N) is 1. The molecule has 0 bridgehead atoms. The van der Waals surface area contributed by atoms with Gasteiger partial charge in [0, 0.05) is 5.56 Å². The third-order valence-corrected chi connectivity index (χ3v) is 1.50. The molecular formula is C8H7NO5. The number of methoxy groups -OCH3 is 1. The van der Waals surface area contributed by atoms with E-state index in [0.717, 1.165) is 0 Å². The molecule has 1 aromatic carbocycles. The Morgan fingerprint density at radius 1 is 1.43 bits per heavy atom. The van der Waals surface area contributed by atoms with E-state index in [1.165, 1.54) is 25.3 Å². The van der Waals surface area contributed by atoms with Gasteiger partial charge < -0.3 is 4.74 Å². The van der Waals surface area contributed by atoms with Crippen LogP contribution in [0.4, 0.5) is 0 Å². The maximum Gasteiger partial charge on any atom is 0.299 e. The zero-order valence-electron chi connectivity index (χ0n) is 7.30. The molecule has 0 radical (unpaired) electrons. The summed E-state index contributed by atoms with van der Waals surface area (Å²) in [5.41, 5.74) is 0.280. The minimum Gasteiger partial charge on any atom is -0.494 e. The number of carbonyl (C=O) groups excluding carboxylic acids is 1. The third-order valence-electron chi connectivity index (χ3n) is 1.50. The van der Waals surface area contributed by atoms with E-state index in [-0.39, 0.29) is 17.1 Å². The van der Waals surface area contributed by atoms with Gasteiger partial charge in [-0.25, -0.2) is 0 Å². The molecule has 0 unspecified atom stereocenters. The van der Waals surface area contributed by atoms with Crippen LogP contribution >= 0.6 is 0 Å². The lowest BCUT2D eigenvalue weighted by Gasteiger charge is -2.05. The average molecular weight is 197 g/mol. The first-order chi connectivity index (χ1) is 6.67. The van der Waals surface area contributed by atoms with Crippen molar-refractivity contribution in [3.05, 3.63) is 33.9 Å². The summed E-state index contributed by atoms with van der Waals surface area (Å²) in [6, 6.07) is 4.12. The van der Waals surface area contributed by atoms with Crippen molar-refractivity contribution in [2.75, 3.05) is 7.11 Å². The van der Waals surface area contributed by atoms with Crippen molar-refractivity contribution in [2.24, 2.45) is 0 Å². The average Bonchev–Trinajstić information content (AvgIpc) is 2.16. The van der Waals surface area contributed by atoms with Crippen molar-refractivity contribution in [1.82, 2.24) is 0 Å². The molecule has 0 atom stereocenters. The van der Waals surface area contributed by atoms with Crippen molar-refractivity contribution in [3.63, 3.8) is 0 Å². The largest absolute Gasteiger partial charge is 0.494 e. The Morgan fingerprint density at radius 2 is 2.14 bits per heavy atom. The van der Waals surface area contributed by atoms with Crippen LogP contribution in [0.5, 0.6) is 11.5 Å². The molecule has 0 spiro atoms. The van der Waals surface area contributed by atoms with Gasteiger partial charge in [0.15, 0.2) is 5.75 Å². The molecule has 74 valence electrons. The summed E-state index contributed by atoms with van der Waals surface area (Å²) >= 11 is 0. The molecule has 0 aliphatic heterocycles. The molecule has 0 amide bonds. The summed E-state index contributed by atoms with van der Waals surface area (Å²) in [7, 11) is 1.35. The van der Waals surface area contributed by atoms with Crippen LogP contribution in [0.2, 0.25) is 0 Å². The molecule has 0 fully saturated rings. The molecule has 0 saturated carbocycles. The minimum absolute atomic E-state index is 0.0953. The van der Waals surface area contributed by atoms with Crippen LogP contribution in [0.3, 0.4) is 0 Å². The topological polar surface area (TPSA) is 78.7 Å². The number of carbonyl (C=O) groups is 1. The normalized spacial score (nSPS) is 9.21. The molecule has 0 N–H and O–H groups in total. The standard InChI is InChI=1S/C8H7NO5/c1-13-7-3-2-6(5-10)4-8(7)14-9(11)12/h2-5H,1H3. The molecule has 1 rings (SSSR count). The zero-order valence-corrected chi connectivity index (χ0v) is 7.30. The van der Waals surface area contributed by atoms with Crippen LogP contribution in [0.25, 0.3) is 0 Å². The summed E-state index contributed by atoms with van der Waals surface area (Å²) in [4.78, 5) is 24.7. The lowest BCUT2D eigenvalue weighted by molar-refractivity contribution is -0.711. The minimum atomic E-state index is -0.966. The first-order valence-corrected chi connectivity index (χ1v) is 3.63. The second-order valence-corrected chi connectivity index (χ2v) is 2.34. The Balaban J connectivity index is 3.07. The highest BCUT2D eigenvalue weighted by Crippen LogP contribution is 2.27. The molecule has 0 aliphatic rings. The number of rotatable bonds is 4.